The van der Waals surface area contributed by atoms with Crippen molar-refractivity contribution < 1.29 is 9.47 Å². The molecule has 0 aromatic rings. The normalized spacial score (nSPS) is 32.1. The maximum Gasteiger partial charge on any atom is 0.193 e. The van der Waals surface area contributed by atoms with E-state index in [4.69, 9.17) is 9.47 Å². The summed E-state index contributed by atoms with van der Waals surface area (Å²) in [7, 11) is 2.08. The van der Waals surface area contributed by atoms with Gasteiger partial charge >= 0.3 is 0 Å². The van der Waals surface area contributed by atoms with E-state index in [1.807, 2.05) is 0 Å². The molecule has 2 fully saturated rings. The zero-order chi connectivity index (χ0) is 7.03. The maximum atomic E-state index is 5.51. The van der Waals surface area contributed by atoms with Gasteiger partial charge in [-0.15, -0.1) is 0 Å². The zero-order valence-electron chi connectivity index (χ0n) is 6.30. The van der Waals surface area contributed by atoms with E-state index in [0.29, 0.717) is 0 Å². The number of rotatable bonds is 0. The Morgan fingerprint density at radius 1 is 1.20 bits per heavy atom. The van der Waals surface area contributed by atoms with Crippen LogP contribution in [-0.2, 0) is 9.47 Å². The fraction of sp³-hybridized carbons (Fsp3) is 1.00. The largest absolute Gasteiger partial charge is 0.347 e. The molecule has 1 spiro atoms. The number of nitrogens with zero attached hydrogens (tertiary/aromatic N) is 1. The van der Waals surface area contributed by atoms with Gasteiger partial charge in [-0.05, 0) is 13.5 Å². The van der Waals surface area contributed by atoms with Gasteiger partial charge in [0, 0.05) is 0 Å². The molecule has 2 heterocycles. The molecule has 3 nitrogen and oxygen atoms in total. The standard InChI is InChI=1S/C7H13NO2/c1-8-5-7(6-8)9-3-2-4-10-7/h2-6H2,1H3. The molecule has 0 saturated carbocycles. The van der Waals surface area contributed by atoms with E-state index in [9.17, 15) is 0 Å². The molecule has 58 valence electrons. The van der Waals surface area contributed by atoms with E-state index >= 15 is 0 Å². The first-order chi connectivity index (χ1) is 4.81. The number of likely N-dealkylation sites (N-methyl/N-ethyl adjacent to an activating group) is 1. The van der Waals surface area contributed by atoms with Crippen molar-refractivity contribution in [2.75, 3.05) is 33.4 Å². The van der Waals surface area contributed by atoms with E-state index in [-0.39, 0.29) is 5.79 Å². The van der Waals surface area contributed by atoms with Crippen LogP contribution in [0.15, 0.2) is 0 Å². The first kappa shape index (κ1) is 6.58. The molecule has 0 radical (unpaired) electrons. The predicted octanol–water partition coefficient (Wildman–Crippen LogP) is 0.0650. The average Bonchev–Trinajstić information content (AvgIpc) is 1.87. The minimum absolute atomic E-state index is 0.201. The molecular formula is C7H13NO2. The van der Waals surface area contributed by atoms with Crippen molar-refractivity contribution >= 4 is 0 Å². The first-order valence-electron chi connectivity index (χ1n) is 3.77. The van der Waals surface area contributed by atoms with Gasteiger partial charge in [0.25, 0.3) is 0 Å². The van der Waals surface area contributed by atoms with Gasteiger partial charge in [-0.1, -0.05) is 0 Å². The lowest BCUT2D eigenvalue weighted by Gasteiger charge is -2.49. The van der Waals surface area contributed by atoms with Gasteiger partial charge in [-0.3, -0.25) is 4.90 Å². The molecule has 2 aliphatic heterocycles. The van der Waals surface area contributed by atoms with E-state index in [1.165, 1.54) is 0 Å². The molecule has 0 amide bonds. The summed E-state index contributed by atoms with van der Waals surface area (Å²) in [6.07, 6.45) is 1.05. The molecule has 0 aromatic heterocycles. The monoisotopic (exact) mass is 143 g/mol. The summed E-state index contributed by atoms with van der Waals surface area (Å²) in [5, 5.41) is 0. The number of hydrogen-bond donors (Lipinski definition) is 0. The van der Waals surface area contributed by atoms with Crippen LogP contribution in [0.4, 0.5) is 0 Å². The Morgan fingerprint density at radius 2 is 1.80 bits per heavy atom. The lowest BCUT2D eigenvalue weighted by Crippen LogP contribution is -2.64. The molecule has 0 bridgehead atoms. The second-order valence-electron chi connectivity index (χ2n) is 3.13. The van der Waals surface area contributed by atoms with Crippen LogP contribution in [0.2, 0.25) is 0 Å². The number of ether oxygens (including phenoxy) is 2. The molecule has 3 heteroatoms. The Bertz CT molecular complexity index is 116. The van der Waals surface area contributed by atoms with Crippen molar-refractivity contribution in [1.29, 1.82) is 0 Å². The van der Waals surface area contributed by atoms with Gasteiger partial charge in [-0.2, -0.15) is 0 Å². The van der Waals surface area contributed by atoms with Gasteiger partial charge < -0.3 is 9.47 Å². The highest BCUT2D eigenvalue weighted by molar-refractivity contribution is 4.88. The van der Waals surface area contributed by atoms with Crippen molar-refractivity contribution in [2.24, 2.45) is 0 Å². The molecule has 2 aliphatic rings. The highest BCUT2D eigenvalue weighted by Crippen LogP contribution is 2.27. The third-order valence-corrected chi connectivity index (χ3v) is 2.04. The third kappa shape index (κ3) is 0.944. The Morgan fingerprint density at radius 3 is 2.30 bits per heavy atom. The van der Waals surface area contributed by atoms with Crippen LogP contribution in [0.3, 0.4) is 0 Å². The Hall–Kier alpha value is -0.120. The lowest BCUT2D eigenvalue weighted by atomic mass is 10.1. The average molecular weight is 143 g/mol. The fourth-order valence-electron chi connectivity index (χ4n) is 1.58. The van der Waals surface area contributed by atoms with Crippen molar-refractivity contribution in [3.05, 3.63) is 0 Å². The highest BCUT2D eigenvalue weighted by Gasteiger charge is 2.44. The van der Waals surface area contributed by atoms with Gasteiger partial charge in [0.2, 0.25) is 0 Å². The molecule has 2 saturated heterocycles. The highest BCUT2D eigenvalue weighted by atomic mass is 16.7. The molecule has 0 N–H and O–H groups in total. The van der Waals surface area contributed by atoms with Crippen LogP contribution >= 0.6 is 0 Å². The van der Waals surface area contributed by atoms with Gasteiger partial charge in [0.1, 0.15) is 0 Å². The summed E-state index contributed by atoms with van der Waals surface area (Å²) >= 11 is 0. The van der Waals surface area contributed by atoms with E-state index in [1.54, 1.807) is 0 Å². The second-order valence-corrected chi connectivity index (χ2v) is 3.13. The van der Waals surface area contributed by atoms with E-state index in [2.05, 4.69) is 11.9 Å². The minimum Gasteiger partial charge on any atom is -0.347 e. The number of likely N-dealkylation sites (tertiary alicyclic amines) is 1. The van der Waals surface area contributed by atoms with Crippen LogP contribution < -0.4 is 0 Å². The third-order valence-electron chi connectivity index (χ3n) is 2.04. The first-order valence-corrected chi connectivity index (χ1v) is 3.77. The van der Waals surface area contributed by atoms with Crippen molar-refractivity contribution in [2.45, 2.75) is 12.2 Å². The number of hydrogen-bond acceptors (Lipinski definition) is 3. The molecule has 2 rings (SSSR count). The summed E-state index contributed by atoms with van der Waals surface area (Å²) < 4.78 is 11.0. The van der Waals surface area contributed by atoms with Crippen LogP contribution in [0, 0.1) is 0 Å². The minimum atomic E-state index is -0.201. The predicted molar refractivity (Wildman–Crippen MR) is 36.7 cm³/mol. The van der Waals surface area contributed by atoms with Crippen LogP contribution in [0.5, 0.6) is 0 Å². The quantitative estimate of drug-likeness (QED) is 0.479. The van der Waals surface area contributed by atoms with Crippen LogP contribution in [0.1, 0.15) is 6.42 Å². The van der Waals surface area contributed by atoms with Crippen LogP contribution in [0.25, 0.3) is 0 Å². The summed E-state index contributed by atoms with van der Waals surface area (Å²) in [6, 6.07) is 0. The topological polar surface area (TPSA) is 21.7 Å². The van der Waals surface area contributed by atoms with E-state index < -0.39 is 0 Å². The zero-order valence-corrected chi connectivity index (χ0v) is 6.30. The van der Waals surface area contributed by atoms with Gasteiger partial charge in [0.05, 0.1) is 26.3 Å². The summed E-state index contributed by atoms with van der Waals surface area (Å²) in [5.74, 6) is -0.201. The van der Waals surface area contributed by atoms with Gasteiger partial charge in [0.15, 0.2) is 5.79 Å². The fourth-order valence-corrected chi connectivity index (χ4v) is 1.58. The van der Waals surface area contributed by atoms with Crippen molar-refractivity contribution in [3.8, 4) is 0 Å². The van der Waals surface area contributed by atoms with Crippen molar-refractivity contribution in [1.82, 2.24) is 4.90 Å². The lowest BCUT2D eigenvalue weighted by molar-refractivity contribution is -0.317. The molecule has 0 aromatic carbocycles. The smallest absolute Gasteiger partial charge is 0.193 e. The summed E-state index contributed by atoms with van der Waals surface area (Å²) in [5.41, 5.74) is 0. The maximum absolute atomic E-state index is 5.51. The molecule has 10 heavy (non-hydrogen) atoms. The molecule has 0 unspecified atom stereocenters. The molecular weight excluding hydrogens is 130 g/mol. The summed E-state index contributed by atoms with van der Waals surface area (Å²) in [4.78, 5) is 2.20. The van der Waals surface area contributed by atoms with Crippen LogP contribution in [-0.4, -0.2) is 44.0 Å². The Kier molecular flexibility index (Phi) is 1.44. The Labute approximate surface area is 60.9 Å². The molecule has 0 aliphatic carbocycles. The SMILES string of the molecule is CN1CC2(C1)OCCCO2. The Balaban J connectivity index is 1.90. The van der Waals surface area contributed by atoms with E-state index in [0.717, 1.165) is 32.7 Å². The van der Waals surface area contributed by atoms with Gasteiger partial charge in [-0.25, -0.2) is 0 Å². The second kappa shape index (κ2) is 2.19. The summed E-state index contributed by atoms with van der Waals surface area (Å²) in [6.45, 7) is 3.61. The van der Waals surface area contributed by atoms with Crippen molar-refractivity contribution in [3.63, 3.8) is 0 Å². The molecule has 0 atom stereocenters.